The number of likely N-dealkylation sites (N-methyl/N-ethyl adjacent to an activating group) is 1. The van der Waals surface area contributed by atoms with E-state index in [1.165, 1.54) is 6.92 Å². The number of carbonyl (C=O) groups is 2. The van der Waals surface area contributed by atoms with E-state index >= 15 is 0 Å². The summed E-state index contributed by atoms with van der Waals surface area (Å²) in [6.07, 6.45) is 0.283. The van der Waals surface area contributed by atoms with Crippen molar-refractivity contribution in [2.24, 2.45) is 0 Å². The van der Waals surface area contributed by atoms with Crippen LogP contribution in [-0.2, 0) is 9.59 Å². The summed E-state index contributed by atoms with van der Waals surface area (Å²) in [5.74, 6) is 0.496. The highest BCUT2D eigenvalue weighted by molar-refractivity contribution is 5.92. The molecule has 0 bridgehead atoms. The van der Waals surface area contributed by atoms with Crippen molar-refractivity contribution in [3.8, 4) is 5.75 Å². The van der Waals surface area contributed by atoms with E-state index in [0.29, 0.717) is 24.5 Å². The maximum Gasteiger partial charge on any atom is 0.226 e. The van der Waals surface area contributed by atoms with Gasteiger partial charge < -0.3 is 19.9 Å². The van der Waals surface area contributed by atoms with Gasteiger partial charge in [-0.1, -0.05) is 12.1 Å². The Bertz CT molecular complexity index is 544. The fourth-order valence-electron chi connectivity index (χ4n) is 2.12. The van der Waals surface area contributed by atoms with Gasteiger partial charge in [-0.25, -0.2) is 0 Å². The Labute approximate surface area is 144 Å². The van der Waals surface area contributed by atoms with Crippen LogP contribution in [0.1, 0.15) is 27.2 Å². The number of amides is 2. The number of nitrogens with zero attached hydrogens (tertiary/aromatic N) is 2. The zero-order chi connectivity index (χ0) is 18.1. The number of benzene rings is 1. The summed E-state index contributed by atoms with van der Waals surface area (Å²) < 4.78 is 5.69. The predicted octanol–water partition coefficient (Wildman–Crippen LogP) is 2.21. The molecule has 2 amide bonds. The van der Waals surface area contributed by atoms with Crippen molar-refractivity contribution in [2.75, 3.05) is 39.0 Å². The summed E-state index contributed by atoms with van der Waals surface area (Å²) >= 11 is 0. The minimum absolute atomic E-state index is 0.0202. The zero-order valence-electron chi connectivity index (χ0n) is 15.3. The van der Waals surface area contributed by atoms with Crippen LogP contribution in [0.2, 0.25) is 0 Å². The molecule has 6 heteroatoms. The van der Waals surface area contributed by atoms with Crippen molar-refractivity contribution in [3.63, 3.8) is 0 Å². The van der Waals surface area contributed by atoms with Gasteiger partial charge in [0.05, 0.1) is 11.8 Å². The fourth-order valence-corrected chi connectivity index (χ4v) is 2.12. The highest BCUT2D eigenvalue weighted by Crippen LogP contribution is 2.24. The molecule has 0 saturated heterocycles. The van der Waals surface area contributed by atoms with Crippen molar-refractivity contribution in [2.45, 2.75) is 33.3 Å². The van der Waals surface area contributed by atoms with Crippen LogP contribution in [0.4, 0.5) is 5.69 Å². The largest absolute Gasteiger partial charge is 0.489 e. The van der Waals surface area contributed by atoms with E-state index in [2.05, 4.69) is 5.32 Å². The lowest BCUT2D eigenvalue weighted by molar-refractivity contribution is -0.129. The first kappa shape index (κ1) is 20.0. The molecule has 0 aromatic heterocycles. The lowest BCUT2D eigenvalue weighted by Gasteiger charge is -2.23. The Morgan fingerprint density at radius 2 is 1.79 bits per heavy atom. The van der Waals surface area contributed by atoms with E-state index in [0.717, 1.165) is 6.54 Å². The molecule has 0 aliphatic rings. The summed E-state index contributed by atoms with van der Waals surface area (Å²) in [7, 11) is 3.91. The number of hydrogen-bond donors (Lipinski definition) is 1. The molecule has 0 aliphatic heterocycles. The SMILES string of the molecule is CC(=O)N(CCC(=O)Nc1ccccc1OC(C)C)CCN(C)C. The molecule has 0 radical (unpaired) electrons. The Hall–Kier alpha value is -2.08. The van der Waals surface area contributed by atoms with E-state index in [9.17, 15) is 9.59 Å². The van der Waals surface area contributed by atoms with E-state index in [1.807, 2.05) is 57.1 Å². The lowest BCUT2D eigenvalue weighted by Crippen LogP contribution is -2.37. The fraction of sp³-hybridized carbons (Fsp3) is 0.556. The third-order valence-electron chi connectivity index (χ3n) is 3.40. The molecule has 0 spiro atoms. The summed E-state index contributed by atoms with van der Waals surface area (Å²) in [6, 6.07) is 7.35. The third kappa shape index (κ3) is 7.46. The molecule has 6 nitrogen and oxygen atoms in total. The van der Waals surface area contributed by atoms with Gasteiger partial charge in [-0.15, -0.1) is 0 Å². The number of ether oxygens (including phenoxy) is 1. The predicted molar refractivity (Wildman–Crippen MR) is 96.3 cm³/mol. The van der Waals surface area contributed by atoms with Crippen LogP contribution in [0.15, 0.2) is 24.3 Å². The molecular weight excluding hydrogens is 306 g/mol. The Morgan fingerprint density at radius 1 is 1.12 bits per heavy atom. The molecular formula is C18H29N3O3. The molecule has 24 heavy (non-hydrogen) atoms. The first-order chi connectivity index (χ1) is 11.3. The van der Waals surface area contributed by atoms with E-state index in [-0.39, 0.29) is 24.3 Å². The van der Waals surface area contributed by atoms with Crippen molar-refractivity contribution in [1.29, 1.82) is 0 Å². The highest BCUT2D eigenvalue weighted by Gasteiger charge is 2.13. The number of hydrogen-bond acceptors (Lipinski definition) is 4. The second-order valence-corrected chi connectivity index (χ2v) is 6.27. The van der Waals surface area contributed by atoms with Gasteiger partial charge in [0, 0.05) is 33.0 Å². The van der Waals surface area contributed by atoms with Crippen LogP contribution in [0.25, 0.3) is 0 Å². The van der Waals surface area contributed by atoms with Gasteiger partial charge in [0.25, 0.3) is 0 Å². The second kappa shape index (κ2) is 9.93. The Morgan fingerprint density at radius 3 is 2.38 bits per heavy atom. The number of carbonyl (C=O) groups excluding carboxylic acids is 2. The second-order valence-electron chi connectivity index (χ2n) is 6.27. The van der Waals surface area contributed by atoms with Crippen LogP contribution in [0, 0.1) is 0 Å². The quantitative estimate of drug-likeness (QED) is 0.752. The van der Waals surface area contributed by atoms with Gasteiger partial charge in [0.2, 0.25) is 11.8 Å². The molecule has 0 fully saturated rings. The van der Waals surface area contributed by atoms with Gasteiger partial charge >= 0.3 is 0 Å². The van der Waals surface area contributed by atoms with Crippen molar-refractivity contribution in [1.82, 2.24) is 9.80 Å². The lowest BCUT2D eigenvalue weighted by atomic mass is 10.2. The summed E-state index contributed by atoms with van der Waals surface area (Å²) in [5, 5.41) is 2.86. The highest BCUT2D eigenvalue weighted by atomic mass is 16.5. The number of rotatable bonds is 9. The molecule has 1 N–H and O–H groups in total. The topological polar surface area (TPSA) is 61.9 Å². The average molecular weight is 335 g/mol. The van der Waals surface area contributed by atoms with Gasteiger partial charge in [0.15, 0.2) is 0 Å². The molecule has 0 unspecified atom stereocenters. The smallest absolute Gasteiger partial charge is 0.226 e. The molecule has 0 heterocycles. The number of nitrogens with one attached hydrogen (secondary N) is 1. The maximum absolute atomic E-state index is 12.2. The maximum atomic E-state index is 12.2. The molecule has 1 rings (SSSR count). The summed E-state index contributed by atoms with van der Waals surface area (Å²) in [6.45, 7) is 7.19. The zero-order valence-corrected chi connectivity index (χ0v) is 15.3. The number of para-hydroxylation sites is 2. The molecule has 0 aliphatic carbocycles. The van der Waals surface area contributed by atoms with Gasteiger partial charge in [-0.05, 0) is 40.1 Å². The van der Waals surface area contributed by atoms with Crippen molar-refractivity contribution < 1.29 is 14.3 Å². The normalized spacial score (nSPS) is 10.8. The Kier molecular flexibility index (Phi) is 8.26. The monoisotopic (exact) mass is 335 g/mol. The van der Waals surface area contributed by atoms with Crippen molar-refractivity contribution in [3.05, 3.63) is 24.3 Å². The molecule has 1 aromatic carbocycles. The number of anilines is 1. The third-order valence-corrected chi connectivity index (χ3v) is 3.40. The van der Waals surface area contributed by atoms with Crippen LogP contribution in [0.5, 0.6) is 5.75 Å². The van der Waals surface area contributed by atoms with E-state index in [1.54, 1.807) is 4.90 Å². The van der Waals surface area contributed by atoms with Gasteiger partial charge in [-0.2, -0.15) is 0 Å². The standard InChI is InChI=1S/C18H29N3O3/c1-14(2)24-17-9-7-6-8-16(17)19-18(23)10-11-21(15(3)22)13-12-20(4)5/h6-9,14H,10-13H2,1-5H3,(H,19,23). The minimum Gasteiger partial charge on any atom is -0.489 e. The first-order valence-corrected chi connectivity index (χ1v) is 8.25. The van der Waals surface area contributed by atoms with Crippen LogP contribution >= 0.6 is 0 Å². The van der Waals surface area contributed by atoms with Crippen LogP contribution in [-0.4, -0.2) is 61.4 Å². The van der Waals surface area contributed by atoms with Crippen LogP contribution < -0.4 is 10.1 Å². The van der Waals surface area contributed by atoms with E-state index < -0.39 is 0 Å². The average Bonchev–Trinajstić information content (AvgIpc) is 2.48. The molecule has 0 saturated carbocycles. The van der Waals surface area contributed by atoms with Crippen LogP contribution in [0.3, 0.4) is 0 Å². The van der Waals surface area contributed by atoms with Gasteiger partial charge in [0.1, 0.15) is 5.75 Å². The van der Waals surface area contributed by atoms with Gasteiger partial charge in [-0.3, -0.25) is 9.59 Å². The summed E-state index contributed by atoms with van der Waals surface area (Å²) in [5.41, 5.74) is 0.652. The summed E-state index contributed by atoms with van der Waals surface area (Å²) in [4.78, 5) is 27.6. The van der Waals surface area contributed by atoms with Crippen molar-refractivity contribution >= 4 is 17.5 Å². The first-order valence-electron chi connectivity index (χ1n) is 8.25. The molecule has 0 atom stereocenters. The molecule has 134 valence electrons. The minimum atomic E-state index is -0.133. The van der Waals surface area contributed by atoms with E-state index in [4.69, 9.17) is 4.74 Å². The molecule has 1 aromatic rings. The Balaban J connectivity index is 2.58.